The van der Waals surface area contributed by atoms with Gasteiger partial charge in [-0.15, -0.1) is 0 Å². The highest BCUT2D eigenvalue weighted by molar-refractivity contribution is 5.22. The predicted molar refractivity (Wildman–Crippen MR) is 61.2 cm³/mol. The van der Waals surface area contributed by atoms with Crippen molar-refractivity contribution >= 4 is 0 Å². The number of rotatable bonds is 5. The molecule has 3 N–H and O–H groups in total. The zero-order valence-electron chi connectivity index (χ0n) is 9.09. The van der Waals surface area contributed by atoms with Crippen LogP contribution < -0.4 is 11.1 Å². The van der Waals surface area contributed by atoms with E-state index in [0.29, 0.717) is 12.6 Å². The van der Waals surface area contributed by atoms with E-state index in [-0.39, 0.29) is 0 Å². The summed E-state index contributed by atoms with van der Waals surface area (Å²) >= 11 is 0. The van der Waals surface area contributed by atoms with Crippen molar-refractivity contribution in [3.8, 4) is 0 Å². The zero-order valence-corrected chi connectivity index (χ0v) is 9.09. The minimum absolute atomic E-state index is 0.390. The van der Waals surface area contributed by atoms with Crippen LogP contribution in [0.25, 0.3) is 0 Å². The molecule has 1 aromatic carbocycles. The molecular weight excluding hydrogens is 172 g/mol. The molecule has 0 aliphatic carbocycles. The van der Waals surface area contributed by atoms with Gasteiger partial charge >= 0.3 is 0 Å². The monoisotopic (exact) mass is 192 g/mol. The van der Waals surface area contributed by atoms with Crippen molar-refractivity contribution in [3.63, 3.8) is 0 Å². The highest BCUT2D eigenvalue weighted by Gasteiger charge is 1.97. The van der Waals surface area contributed by atoms with E-state index in [1.807, 2.05) is 0 Å². The lowest BCUT2D eigenvalue weighted by Gasteiger charge is -2.11. The molecule has 0 bridgehead atoms. The molecule has 0 fully saturated rings. The van der Waals surface area contributed by atoms with Gasteiger partial charge in [-0.25, -0.2) is 0 Å². The van der Waals surface area contributed by atoms with Crippen molar-refractivity contribution < 1.29 is 0 Å². The van der Waals surface area contributed by atoms with Gasteiger partial charge in [0, 0.05) is 19.1 Å². The molecule has 0 radical (unpaired) electrons. The summed E-state index contributed by atoms with van der Waals surface area (Å²) in [5.74, 6) is 0. The van der Waals surface area contributed by atoms with E-state index in [4.69, 9.17) is 5.73 Å². The van der Waals surface area contributed by atoms with Crippen LogP contribution in [0.3, 0.4) is 0 Å². The van der Waals surface area contributed by atoms with E-state index in [2.05, 4.69) is 43.4 Å². The zero-order chi connectivity index (χ0) is 10.4. The summed E-state index contributed by atoms with van der Waals surface area (Å²) in [4.78, 5) is 0. The van der Waals surface area contributed by atoms with E-state index >= 15 is 0 Å². The van der Waals surface area contributed by atoms with E-state index in [9.17, 15) is 0 Å². The van der Waals surface area contributed by atoms with Gasteiger partial charge < -0.3 is 11.1 Å². The summed E-state index contributed by atoms with van der Waals surface area (Å²) in [6, 6.07) is 9.11. The van der Waals surface area contributed by atoms with Crippen LogP contribution in [-0.4, -0.2) is 12.6 Å². The Morgan fingerprint density at radius 3 is 2.29 bits per heavy atom. The first kappa shape index (κ1) is 11.2. The van der Waals surface area contributed by atoms with Gasteiger partial charge in [-0.3, -0.25) is 0 Å². The summed E-state index contributed by atoms with van der Waals surface area (Å²) in [5, 5.41) is 3.36. The third-order valence-electron chi connectivity index (χ3n) is 2.44. The second-order valence-corrected chi connectivity index (χ2v) is 3.69. The van der Waals surface area contributed by atoms with Crippen LogP contribution in [-0.2, 0) is 13.0 Å². The lowest BCUT2D eigenvalue weighted by Crippen LogP contribution is -2.32. The Kier molecular flexibility index (Phi) is 4.63. The quantitative estimate of drug-likeness (QED) is 0.745. The highest BCUT2D eigenvalue weighted by Crippen LogP contribution is 2.04. The highest BCUT2D eigenvalue weighted by atomic mass is 14.9. The number of aryl methyl sites for hydroxylation is 1. The van der Waals surface area contributed by atoms with Crippen molar-refractivity contribution in [2.24, 2.45) is 5.73 Å². The Bertz CT molecular complexity index is 254. The largest absolute Gasteiger partial charge is 0.329 e. The molecule has 0 aliphatic rings. The topological polar surface area (TPSA) is 38.0 Å². The lowest BCUT2D eigenvalue weighted by molar-refractivity contribution is 0.556. The predicted octanol–water partition coefficient (Wildman–Crippen LogP) is 1.69. The average Bonchev–Trinajstić information content (AvgIpc) is 2.26. The van der Waals surface area contributed by atoms with Crippen LogP contribution in [0.1, 0.15) is 25.0 Å². The minimum Gasteiger partial charge on any atom is -0.329 e. The average molecular weight is 192 g/mol. The van der Waals surface area contributed by atoms with Crippen LogP contribution >= 0.6 is 0 Å². The van der Waals surface area contributed by atoms with Gasteiger partial charge in [-0.05, 0) is 24.5 Å². The number of nitrogens with two attached hydrogens (primary N) is 1. The molecule has 0 aromatic heterocycles. The van der Waals surface area contributed by atoms with Crippen molar-refractivity contribution in [1.29, 1.82) is 0 Å². The van der Waals surface area contributed by atoms with Gasteiger partial charge in [0.2, 0.25) is 0 Å². The molecule has 78 valence electrons. The summed E-state index contributed by atoms with van der Waals surface area (Å²) < 4.78 is 0. The Labute approximate surface area is 86.5 Å². The van der Waals surface area contributed by atoms with Gasteiger partial charge in [0.25, 0.3) is 0 Å². The van der Waals surface area contributed by atoms with Crippen molar-refractivity contribution in [3.05, 3.63) is 35.4 Å². The molecule has 0 amide bonds. The fourth-order valence-electron chi connectivity index (χ4n) is 1.27. The van der Waals surface area contributed by atoms with E-state index < -0.39 is 0 Å². The van der Waals surface area contributed by atoms with Crippen molar-refractivity contribution in [2.75, 3.05) is 6.54 Å². The molecule has 0 aliphatic heterocycles. The molecule has 2 nitrogen and oxygen atoms in total. The summed E-state index contributed by atoms with van der Waals surface area (Å²) in [6.07, 6.45) is 1.10. The van der Waals surface area contributed by atoms with Gasteiger partial charge in [-0.2, -0.15) is 0 Å². The van der Waals surface area contributed by atoms with E-state index in [0.717, 1.165) is 13.0 Å². The molecular formula is C12H20N2. The van der Waals surface area contributed by atoms with E-state index in [1.165, 1.54) is 11.1 Å². The molecule has 1 aromatic rings. The SMILES string of the molecule is CCc1ccc(CN[C@@H](C)CN)cc1. The number of hydrogen-bond acceptors (Lipinski definition) is 2. The molecule has 2 heteroatoms. The third-order valence-corrected chi connectivity index (χ3v) is 2.44. The van der Waals surface area contributed by atoms with Crippen LogP contribution in [0, 0.1) is 0 Å². The van der Waals surface area contributed by atoms with Crippen molar-refractivity contribution in [1.82, 2.24) is 5.32 Å². The number of hydrogen-bond donors (Lipinski definition) is 2. The maximum atomic E-state index is 5.52. The molecule has 0 spiro atoms. The Morgan fingerprint density at radius 2 is 1.79 bits per heavy atom. The maximum Gasteiger partial charge on any atom is 0.0208 e. The smallest absolute Gasteiger partial charge is 0.0208 e. The summed E-state index contributed by atoms with van der Waals surface area (Å²) in [5.41, 5.74) is 8.23. The van der Waals surface area contributed by atoms with Gasteiger partial charge in [0.15, 0.2) is 0 Å². The van der Waals surface area contributed by atoms with E-state index in [1.54, 1.807) is 0 Å². The molecule has 0 saturated heterocycles. The van der Waals surface area contributed by atoms with Crippen LogP contribution in [0.4, 0.5) is 0 Å². The lowest BCUT2D eigenvalue weighted by atomic mass is 10.1. The molecule has 0 unspecified atom stereocenters. The first-order valence-electron chi connectivity index (χ1n) is 5.27. The third kappa shape index (κ3) is 3.48. The second kappa shape index (κ2) is 5.78. The first-order valence-corrected chi connectivity index (χ1v) is 5.27. The first-order chi connectivity index (χ1) is 6.76. The van der Waals surface area contributed by atoms with Crippen LogP contribution in [0.15, 0.2) is 24.3 Å². The fourth-order valence-corrected chi connectivity index (χ4v) is 1.27. The van der Waals surface area contributed by atoms with Crippen molar-refractivity contribution in [2.45, 2.75) is 32.9 Å². The normalized spacial score (nSPS) is 12.8. The minimum atomic E-state index is 0.390. The molecule has 14 heavy (non-hydrogen) atoms. The van der Waals surface area contributed by atoms with Gasteiger partial charge in [0.1, 0.15) is 0 Å². The van der Waals surface area contributed by atoms with Crippen LogP contribution in [0.5, 0.6) is 0 Å². The molecule has 1 atom stereocenters. The summed E-state index contributed by atoms with van der Waals surface area (Å²) in [7, 11) is 0. The standard InChI is InChI=1S/C12H20N2/c1-3-11-4-6-12(7-5-11)9-14-10(2)8-13/h4-7,10,14H,3,8-9,13H2,1-2H3/t10-/m0/s1. The maximum absolute atomic E-state index is 5.52. The second-order valence-electron chi connectivity index (χ2n) is 3.69. The van der Waals surface area contributed by atoms with Crippen LogP contribution in [0.2, 0.25) is 0 Å². The fraction of sp³-hybridized carbons (Fsp3) is 0.500. The summed E-state index contributed by atoms with van der Waals surface area (Å²) in [6.45, 7) is 5.86. The molecule has 0 saturated carbocycles. The Morgan fingerprint density at radius 1 is 1.21 bits per heavy atom. The number of nitrogens with one attached hydrogen (secondary N) is 1. The molecule has 1 rings (SSSR count). The molecule has 0 heterocycles. The van der Waals surface area contributed by atoms with Gasteiger partial charge in [-0.1, -0.05) is 31.2 Å². The van der Waals surface area contributed by atoms with Gasteiger partial charge in [0.05, 0.1) is 0 Å². The number of benzene rings is 1. The Hall–Kier alpha value is -0.860. The Balaban J connectivity index is 2.43.